The van der Waals surface area contributed by atoms with E-state index in [2.05, 4.69) is 27.7 Å². The van der Waals surface area contributed by atoms with Gasteiger partial charge in [-0.05, 0) is 27.2 Å². The Bertz CT molecular complexity index is 61.6. The smallest absolute Gasteiger partial charge is 0.0598 e. The summed E-state index contributed by atoms with van der Waals surface area (Å²) in [6, 6.07) is 0. The Balaban J connectivity index is 0. The molecule has 1 heteroatoms. The number of hydrogen-bond acceptors (Lipinski definition) is 1. The van der Waals surface area contributed by atoms with Crippen LogP contribution in [-0.2, 0) is 4.74 Å². The highest BCUT2D eigenvalue weighted by Gasteiger charge is 2.07. The van der Waals surface area contributed by atoms with Gasteiger partial charge in [-0.15, -0.1) is 0 Å². The van der Waals surface area contributed by atoms with Crippen LogP contribution in [0.2, 0.25) is 0 Å². The molecule has 0 aromatic heterocycles. The van der Waals surface area contributed by atoms with Gasteiger partial charge in [0.15, 0.2) is 0 Å². The van der Waals surface area contributed by atoms with E-state index in [0.717, 1.165) is 6.61 Å². The first kappa shape index (κ1) is 12.6. The maximum Gasteiger partial charge on any atom is 0.0598 e. The third-order valence-electron chi connectivity index (χ3n) is 1.03. The SMILES string of the molecule is C.CCCCOC(C)(C)C. The molecule has 0 aromatic rings. The number of hydrogen-bond donors (Lipinski definition) is 0. The summed E-state index contributed by atoms with van der Waals surface area (Å²) in [5.41, 5.74) is 0.0508. The molecule has 0 aliphatic rings. The van der Waals surface area contributed by atoms with Crippen molar-refractivity contribution in [2.45, 2.75) is 53.6 Å². The van der Waals surface area contributed by atoms with E-state index in [9.17, 15) is 0 Å². The highest BCUT2D eigenvalue weighted by atomic mass is 16.5. The van der Waals surface area contributed by atoms with E-state index in [0.29, 0.717) is 0 Å². The Kier molecular flexibility index (Phi) is 7.22. The molecule has 0 bridgehead atoms. The number of ether oxygens (including phenoxy) is 1. The summed E-state index contributed by atoms with van der Waals surface area (Å²) in [5.74, 6) is 0. The van der Waals surface area contributed by atoms with Crippen LogP contribution >= 0.6 is 0 Å². The van der Waals surface area contributed by atoms with Crippen molar-refractivity contribution in [2.75, 3.05) is 6.61 Å². The average molecular weight is 146 g/mol. The van der Waals surface area contributed by atoms with Gasteiger partial charge in [-0.1, -0.05) is 20.8 Å². The van der Waals surface area contributed by atoms with Crippen molar-refractivity contribution in [1.82, 2.24) is 0 Å². The van der Waals surface area contributed by atoms with E-state index in [1.165, 1.54) is 12.8 Å². The van der Waals surface area contributed by atoms with E-state index in [1.54, 1.807) is 0 Å². The molecule has 0 fully saturated rings. The second kappa shape index (κ2) is 5.72. The lowest BCUT2D eigenvalue weighted by Crippen LogP contribution is -2.19. The normalized spacial score (nSPS) is 10.8. The molecule has 1 nitrogen and oxygen atoms in total. The van der Waals surface area contributed by atoms with Crippen LogP contribution in [0.15, 0.2) is 0 Å². The predicted octanol–water partition coefficient (Wildman–Crippen LogP) is 3.24. The van der Waals surface area contributed by atoms with Gasteiger partial charge in [0, 0.05) is 6.61 Å². The van der Waals surface area contributed by atoms with Crippen LogP contribution in [-0.4, -0.2) is 12.2 Å². The molecular weight excluding hydrogens is 124 g/mol. The number of rotatable bonds is 3. The van der Waals surface area contributed by atoms with E-state index in [4.69, 9.17) is 4.74 Å². The summed E-state index contributed by atoms with van der Waals surface area (Å²) < 4.78 is 5.47. The zero-order chi connectivity index (χ0) is 7.33. The third-order valence-corrected chi connectivity index (χ3v) is 1.03. The van der Waals surface area contributed by atoms with Gasteiger partial charge in [0.2, 0.25) is 0 Å². The largest absolute Gasteiger partial charge is 0.376 e. The summed E-state index contributed by atoms with van der Waals surface area (Å²) in [7, 11) is 0. The van der Waals surface area contributed by atoms with Gasteiger partial charge in [0.05, 0.1) is 5.60 Å². The lowest BCUT2D eigenvalue weighted by molar-refractivity contribution is -0.00415. The minimum Gasteiger partial charge on any atom is -0.376 e. The van der Waals surface area contributed by atoms with Gasteiger partial charge in [-0.25, -0.2) is 0 Å². The molecule has 0 atom stereocenters. The summed E-state index contributed by atoms with van der Waals surface area (Å²) >= 11 is 0. The summed E-state index contributed by atoms with van der Waals surface area (Å²) in [6.07, 6.45) is 2.40. The van der Waals surface area contributed by atoms with Crippen molar-refractivity contribution < 1.29 is 4.74 Å². The van der Waals surface area contributed by atoms with Gasteiger partial charge in [-0.2, -0.15) is 0 Å². The molecule has 10 heavy (non-hydrogen) atoms. The van der Waals surface area contributed by atoms with E-state index in [-0.39, 0.29) is 13.0 Å². The van der Waals surface area contributed by atoms with E-state index >= 15 is 0 Å². The van der Waals surface area contributed by atoms with Crippen molar-refractivity contribution in [1.29, 1.82) is 0 Å². The Morgan fingerprint density at radius 3 is 2.00 bits per heavy atom. The van der Waals surface area contributed by atoms with E-state index < -0.39 is 0 Å². The molecule has 0 unspecified atom stereocenters. The lowest BCUT2D eigenvalue weighted by Gasteiger charge is -2.18. The topological polar surface area (TPSA) is 9.23 Å². The fourth-order valence-corrected chi connectivity index (χ4v) is 0.523. The van der Waals surface area contributed by atoms with Gasteiger partial charge < -0.3 is 4.74 Å². The Morgan fingerprint density at radius 1 is 1.20 bits per heavy atom. The summed E-state index contributed by atoms with van der Waals surface area (Å²) in [5, 5.41) is 0. The van der Waals surface area contributed by atoms with Crippen molar-refractivity contribution >= 4 is 0 Å². The van der Waals surface area contributed by atoms with Crippen LogP contribution in [0.4, 0.5) is 0 Å². The first-order chi connectivity index (χ1) is 4.06. The minimum absolute atomic E-state index is 0. The minimum atomic E-state index is 0. The maximum atomic E-state index is 5.47. The monoisotopic (exact) mass is 146 g/mol. The van der Waals surface area contributed by atoms with Crippen LogP contribution in [0.25, 0.3) is 0 Å². The molecule has 64 valence electrons. The number of unbranched alkanes of at least 4 members (excludes halogenated alkanes) is 1. The maximum absolute atomic E-state index is 5.47. The van der Waals surface area contributed by atoms with Crippen LogP contribution in [0, 0.1) is 0 Å². The zero-order valence-corrected chi connectivity index (χ0v) is 7.03. The average Bonchev–Trinajstić information content (AvgIpc) is 1.63. The molecule has 0 N–H and O–H groups in total. The van der Waals surface area contributed by atoms with Gasteiger partial charge in [-0.3, -0.25) is 0 Å². The molecule has 0 aliphatic heterocycles. The van der Waals surface area contributed by atoms with E-state index in [1.807, 2.05) is 0 Å². The predicted molar refractivity (Wildman–Crippen MR) is 47.3 cm³/mol. The molecule has 0 saturated carbocycles. The van der Waals surface area contributed by atoms with Crippen molar-refractivity contribution in [2.24, 2.45) is 0 Å². The lowest BCUT2D eigenvalue weighted by atomic mass is 10.2. The van der Waals surface area contributed by atoms with Crippen molar-refractivity contribution in [3.05, 3.63) is 0 Å². The summed E-state index contributed by atoms with van der Waals surface area (Å²) in [4.78, 5) is 0. The Hall–Kier alpha value is -0.0400. The Labute approximate surface area is 65.8 Å². The fraction of sp³-hybridized carbons (Fsp3) is 1.00. The van der Waals surface area contributed by atoms with Crippen LogP contribution in [0.5, 0.6) is 0 Å². The molecule has 0 amide bonds. The highest BCUT2D eigenvalue weighted by molar-refractivity contribution is 4.57. The second-order valence-electron chi connectivity index (χ2n) is 3.31. The van der Waals surface area contributed by atoms with Gasteiger partial charge in [0.25, 0.3) is 0 Å². The zero-order valence-electron chi connectivity index (χ0n) is 7.03. The Morgan fingerprint density at radius 2 is 1.70 bits per heavy atom. The van der Waals surface area contributed by atoms with Gasteiger partial charge >= 0.3 is 0 Å². The standard InChI is InChI=1S/C8H18O.CH4/c1-5-6-7-9-8(2,3)4;/h5-7H2,1-4H3;1H4. The fourth-order valence-electron chi connectivity index (χ4n) is 0.523. The van der Waals surface area contributed by atoms with Crippen LogP contribution in [0.3, 0.4) is 0 Å². The van der Waals surface area contributed by atoms with Gasteiger partial charge in [0.1, 0.15) is 0 Å². The third kappa shape index (κ3) is 10.9. The molecule has 0 heterocycles. The molecular formula is C9H22O. The molecule has 0 spiro atoms. The first-order valence-electron chi connectivity index (χ1n) is 3.70. The molecule has 0 rings (SSSR count). The highest BCUT2D eigenvalue weighted by Crippen LogP contribution is 2.06. The molecule has 0 aliphatic carbocycles. The second-order valence-corrected chi connectivity index (χ2v) is 3.31. The van der Waals surface area contributed by atoms with Crippen LogP contribution in [0.1, 0.15) is 48.0 Å². The summed E-state index contributed by atoms with van der Waals surface area (Å²) in [6.45, 7) is 9.33. The first-order valence-corrected chi connectivity index (χ1v) is 3.70. The van der Waals surface area contributed by atoms with Crippen molar-refractivity contribution in [3.8, 4) is 0 Å². The quantitative estimate of drug-likeness (QED) is 0.555. The van der Waals surface area contributed by atoms with Crippen LogP contribution < -0.4 is 0 Å². The van der Waals surface area contributed by atoms with Crippen molar-refractivity contribution in [3.63, 3.8) is 0 Å². The molecule has 0 radical (unpaired) electrons. The molecule has 0 saturated heterocycles. The molecule has 0 aromatic carbocycles.